The number of aryl methyl sites for hydroxylation is 2. The predicted molar refractivity (Wildman–Crippen MR) is 140 cm³/mol. The molecule has 0 N–H and O–H groups in total. The number of nitrogens with zero attached hydrogens (tertiary/aromatic N) is 2. The average Bonchev–Trinajstić information content (AvgIpc) is 3.13. The third-order valence-corrected chi connectivity index (χ3v) is 7.43. The number of benzene rings is 3. The van der Waals surface area contributed by atoms with Gasteiger partial charge in [-0.3, -0.25) is 9.98 Å². The Morgan fingerprint density at radius 2 is 1.47 bits per heavy atom. The van der Waals surface area contributed by atoms with Gasteiger partial charge in [-0.2, -0.15) is 0 Å². The van der Waals surface area contributed by atoms with Crippen LogP contribution < -0.4 is 0 Å². The molecule has 1 heterocycles. The lowest BCUT2D eigenvalue weighted by Crippen LogP contribution is -2.27. The van der Waals surface area contributed by atoms with E-state index in [-0.39, 0.29) is 5.41 Å². The van der Waals surface area contributed by atoms with Crippen LogP contribution in [0.1, 0.15) is 28.5 Å². The zero-order chi connectivity index (χ0) is 22.1. The maximum absolute atomic E-state index is 4.85. The second-order valence-electron chi connectivity index (χ2n) is 8.76. The standard InChI is InChI=1S/C29H26N2S/c1-20-14-25-26-17-29(3,19-31-24-12-8-5-9-13-24)22(18-30-23-10-6-4-7-11-23)16-28(26)32-27(25)15-21(20)2/h4-16,18-19H,17H2,1-3H3. The largest absolute Gasteiger partial charge is 0.260 e. The van der Waals surface area contributed by atoms with Crippen LogP contribution in [-0.4, -0.2) is 12.4 Å². The fraction of sp³-hybridized carbons (Fsp3) is 0.172. The van der Waals surface area contributed by atoms with Crippen molar-refractivity contribution in [2.24, 2.45) is 15.4 Å². The van der Waals surface area contributed by atoms with Gasteiger partial charge in [0.25, 0.3) is 0 Å². The molecule has 0 radical (unpaired) electrons. The second-order valence-corrected chi connectivity index (χ2v) is 9.84. The molecular formula is C29H26N2S. The van der Waals surface area contributed by atoms with Crippen molar-refractivity contribution in [2.45, 2.75) is 27.2 Å². The highest BCUT2D eigenvalue weighted by atomic mass is 32.1. The summed E-state index contributed by atoms with van der Waals surface area (Å²) in [4.78, 5) is 11.0. The van der Waals surface area contributed by atoms with Crippen LogP contribution in [0.4, 0.5) is 11.4 Å². The molecule has 0 saturated carbocycles. The Labute approximate surface area is 193 Å². The van der Waals surface area contributed by atoms with Gasteiger partial charge in [-0.1, -0.05) is 49.4 Å². The Bertz CT molecular complexity index is 1360. The minimum atomic E-state index is -0.242. The fourth-order valence-corrected chi connectivity index (χ4v) is 5.45. The minimum Gasteiger partial charge on any atom is -0.260 e. The van der Waals surface area contributed by atoms with Crippen molar-refractivity contribution in [3.63, 3.8) is 0 Å². The molecule has 158 valence electrons. The third-order valence-electron chi connectivity index (χ3n) is 6.29. The maximum Gasteiger partial charge on any atom is 0.0629 e. The lowest BCUT2D eigenvalue weighted by Gasteiger charge is -2.30. The molecule has 0 aliphatic heterocycles. The van der Waals surface area contributed by atoms with Gasteiger partial charge in [0.05, 0.1) is 11.4 Å². The second kappa shape index (κ2) is 8.33. The smallest absolute Gasteiger partial charge is 0.0629 e. The first kappa shape index (κ1) is 20.6. The van der Waals surface area contributed by atoms with Crippen molar-refractivity contribution in [1.29, 1.82) is 0 Å². The van der Waals surface area contributed by atoms with Gasteiger partial charge in [-0.25, -0.2) is 0 Å². The van der Waals surface area contributed by atoms with Crippen LogP contribution >= 0.6 is 11.3 Å². The summed E-state index contributed by atoms with van der Waals surface area (Å²) in [5, 5.41) is 1.38. The van der Waals surface area contributed by atoms with Gasteiger partial charge in [-0.15, -0.1) is 11.3 Å². The summed E-state index contributed by atoms with van der Waals surface area (Å²) in [6.07, 6.45) is 7.36. The number of rotatable bonds is 4. The molecule has 1 atom stereocenters. The van der Waals surface area contributed by atoms with Crippen LogP contribution in [0, 0.1) is 19.3 Å². The Morgan fingerprint density at radius 3 is 2.16 bits per heavy atom. The Hall–Kier alpha value is -3.30. The Balaban J connectivity index is 1.62. The van der Waals surface area contributed by atoms with E-state index in [0.29, 0.717) is 0 Å². The van der Waals surface area contributed by atoms with Crippen LogP contribution in [-0.2, 0) is 6.42 Å². The highest BCUT2D eigenvalue weighted by molar-refractivity contribution is 7.20. The zero-order valence-corrected chi connectivity index (χ0v) is 19.5. The fourth-order valence-electron chi connectivity index (χ4n) is 4.19. The number of aliphatic imine (C=N–C) groups is 2. The van der Waals surface area contributed by atoms with E-state index in [9.17, 15) is 0 Å². The molecule has 1 aliphatic rings. The van der Waals surface area contributed by atoms with E-state index in [1.54, 1.807) is 0 Å². The molecule has 0 fully saturated rings. The van der Waals surface area contributed by atoms with Crippen molar-refractivity contribution in [1.82, 2.24) is 0 Å². The number of hydrogen-bond donors (Lipinski definition) is 0. The minimum absolute atomic E-state index is 0.242. The molecule has 5 rings (SSSR count). The van der Waals surface area contributed by atoms with Crippen LogP contribution in [0.2, 0.25) is 0 Å². The summed E-state index contributed by atoms with van der Waals surface area (Å²) in [7, 11) is 0. The molecule has 4 aromatic rings. The Morgan fingerprint density at radius 1 is 0.844 bits per heavy atom. The van der Waals surface area contributed by atoms with Crippen molar-refractivity contribution in [2.75, 3.05) is 0 Å². The lowest BCUT2D eigenvalue weighted by atomic mass is 9.74. The number of thiophene rings is 1. The summed E-state index contributed by atoms with van der Waals surface area (Å²) >= 11 is 1.88. The van der Waals surface area contributed by atoms with Crippen molar-refractivity contribution < 1.29 is 0 Å². The average molecular weight is 435 g/mol. The number of allylic oxidation sites excluding steroid dienone is 1. The van der Waals surface area contributed by atoms with Gasteiger partial charge in [-0.05, 0) is 84.3 Å². The first-order valence-electron chi connectivity index (χ1n) is 11.0. The first-order valence-corrected chi connectivity index (χ1v) is 11.8. The van der Waals surface area contributed by atoms with E-state index in [4.69, 9.17) is 9.98 Å². The van der Waals surface area contributed by atoms with E-state index < -0.39 is 0 Å². The summed E-state index contributed by atoms with van der Waals surface area (Å²) in [6.45, 7) is 6.67. The summed E-state index contributed by atoms with van der Waals surface area (Å²) in [6, 6.07) is 25.0. The first-order chi connectivity index (χ1) is 15.5. The van der Waals surface area contributed by atoms with Gasteiger partial charge in [0, 0.05) is 27.4 Å². The monoisotopic (exact) mass is 434 g/mol. The molecule has 2 nitrogen and oxygen atoms in total. The van der Waals surface area contributed by atoms with E-state index in [1.165, 1.54) is 37.2 Å². The molecule has 0 bridgehead atoms. The summed E-state index contributed by atoms with van der Waals surface area (Å²) in [5.41, 5.74) is 7.00. The quantitative estimate of drug-likeness (QED) is 0.289. The van der Waals surface area contributed by atoms with Gasteiger partial charge in [0.1, 0.15) is 0 Å². The molecule has 1 unspecified atom stereocenters. The van der Waals surface area contributed by atoms with E-state index in [1.807, 2.05) is 78.2 Å². The summed E-state index contributed by atoms with van der Waals surface area (Å²) < 4.78 is 1.36. The molecule has 1 aromatic heterocycles. The topological polar surface area (TPSA) is 24.7 Å². The zero-order valence-electron chi connectivity index (χ0n) is 18.7. The normalized spacial score (nSPS) is 18.4. The molecule has 1 aliphatic carbocycles. The van der Waals surface area contributed by atoms with E-state index >= 15 is 0 Å². The molecule has 3 heteroatoms. The highest BCUT2D eigenvalue weighted by Crippen LogP contribution is 2.44. The molecule has 0 amide bonds. The van der Waals surface area contributed by atoms with Crippen molar-refractivity contribution in [3.05, 3.63) is 99.9 Å². The number of fused-ring (bicyclic) bond motifs is 3. The third kappa shape index (κ3) is 3.96. The lowest BCUT2D eigenvalue weighted by molar-refractivity contribution is 0.589. The highest BCUT2D eigenvalue weighted by Gasteiger charge is 2.33. The van der Waals surface area contributed by atoms with Gasteiger partial charge >= 0.3 is 0 Å². The van der Waals surface area contributed by atoms with Crippen LogP contribution in [0.5, 0.6) is 0 Å². The van der Waals surface area contributed by atoms with Crippen molar-refractivity contribution in [3.8, 4) is 0 Å². The SMILES string of the molecule is Cc1cc2sc3c(c2cc1C)CC(C)(C=Nc1ccccc1)C(C=Nc1ccccc1)=C3. The van der Waals surface area contributed by atoms with E-state index in [0.717, 1.165) is 17.8 Å². The molecular weight excluding hydrogens is 408 g/mol. The van der Waals surface area contributed by atoms with Gasteiger partial charge in [0.15, 0.2) is 0 Å². The van der Waals surface area contributed by atoms with Gasteiger partial charge in [0.2, 0.25) is 0 Å². The number of para-hydroxylation sites is 2. The molecule has 0 spiro atoms. The van der Waals surface area contributed by atoms with Gasteiger partial charge < -0.3 is 0 Å². The predicted octanol–water partition coefficient (Wildman–Crippen LogP) is 8.27. The maximum atomic E-state index is 4.85. The van der Waals surface area contributed by atoms with E-state index in [2.05, 4.69) is 45.2 Å². The summed E-state index contributed by atoms with van der Waals surface area (Å²) in [5.74, 6) is 0. The molecule has 0 saturated heterocycles. The van der Waals surface area contributed by atoms with Crippen LogP contribution in [0.25, 0.3) is 16.2 Å². The van der Waals surface area contributed by atoms with Crippen LogP contribution in [0.15, 0.2) is 88.4 Å². The number of hydrogen-bond acceptors (Lipinski definition) is 3. The molecule has 3 aromatic carbocycles. The molecule has 32 heavy (non-hydrogen) atoms. The van der Waals surface area contributed by atoms with Crippen molar-refractivity contribution >= 4 is 51.3 Å². The Kier molecular flexibility index (Phi) is 5.36. The van der Waals surface area contributed by atoms with Crippen LogP contribution in [0.3, 0.4) is 0 Å².